The normalized spacial score (nSPS) is 11.1. The number of benzene rings is 3. The van der Waals surface area contributed by atoms with E-state index in [1.165, 1.54) is 85.8 Å². The Morgan fingerprint density at radius 1 is 0.529 bits per heavy atom. The summed E-state index contributed by atoms with van der Waals surface area (Å²) in [7, 11) is -0.936. The van der Waals surface area contributed by atoms with Crippen LogP contribution in [0.5, 0.6) is 0 Å². The first-order chi connectivity index (χ1) is 16.2. The zero-order valence-corrected chi connectivity index (χ0v) is 23.9. The molecule has 0 fully saturated rings. The molecule has 0 unspecified atom stereocenters. The minimum Gasteiger partial charge on any atom is -1.00 e. The van der Waals surface area contributed by atoms with Crippen LogP contribution in [0.3, 0.4) is 0 Å². The molecule has 0 aromatic heterocycles. The molecule has 0 aliphatic rings. The molecule has 184 valence electrons. The minimum atomic E-state index is -0.936. The van der Waals surface area contributed by atoms with Crippen LogP contribution >= 0.6 is 7.26 Å². The molecule has 0 aliphatic carbocycles. The Bertz CT molecular complexity index is 850. The quantitative estimate of drug-likeness (QED) is 0.198. The summed E-state index contributed by atoms with van der Waals surface area (Å²) in [6.45, 7) is 7.06. The van der Waals surface area contributed by atoms with E-state index in [9.17, 15) is 0 Å². The van der Waals surface area contributed by atoms with E-state index in [1.54, 1.807) is 0 Å². The molecule has 3 aromatic rings. The monoisotopic (exact) mass is 539 g/mol. The van der Waals surface area contributed by atoms with Crippen molar-refractivity contribution in [3.8, 4) is 0 Å². The summed E-state index contributed by atoms with van der Waals surface area (Å²) in [4.78, 5) is 2.36. The van der Waals surface area contributed by atoms with E-state index >= 15 is 0 Å². The van der Waals surface area contributed by atoms with Gasteiger partial charge in [-0.15, -0.1) is 0 Å². The van der Waals surface area contributed by atoms with Gasteiger partial charge in [0.25, 0.3) is 0 Å². The number of para-hydroxylation sites is 2. The third-order valence-corrected chi connectivity index (χ3v) is 11.5. The van der Waals surface area contributed by atoms with E-state index in [0.717, 1.165) is 0 Å². The topological polar surface area (TPSA) is 3.24 Å². The summed E-state index contributed by atoms with van der Waals surface area (Å²) < 4.78 is 0. The predicted octanol–water partition coefficient (Wildman–Crippen LogP) is 7.08. The number of unbranched alkanes of at least 4 members (excludes halogenated alkanes) is 3. The average Bonchev–Trinajstić information content (AvgIpc) is 2.87. The fourth-order valence-electron chi connectivity index (χ4n) is 4.79. The third-order valence-electron chi connectivity index (χ3n) is 6.70. The van der Waals surface area contributed by atoms with Gasteiger partial charge in [-0.3, -0.25) is 0 Å². The van der Waals surface area contributed by atoms with Crippen LogP contribution in [0.1, 0.15) is 64.9 Å². The molecule has 0 N–H and O–H groups in total. The summed E-state index contributed by atoms with van der Waals surface area (Å²) in [6, 6.07) is 30.9. The molecule has 0 saturated carbocycles. The summed E-state index contributed by atoms with van der Waals surface area (Å²) >= 11 is 0. The van der Waals surface area contributed by atoms with Crippen molar-refractivity contribution in [2.45, 2.75) is 65.5 Å². The predicted molar refractivity (Wildman–Crippen MR) is 151 cm³/mol. The Balaban J connectivity index is 0.00000408. The maximum Gasteiger partial charge on any atom is 0.0842 e. The highest BCUT2D eigenvalue weighted by Crippen LogP contribution is 2.63. The van der Waals surface area contributed by atoms with Crippen molar-refractivity contribution in [2.24, 2.45) is 0 Å². The molecule has 0 saturated heterocycles. The van der Waals surface area contributed by atoms with Crippen molar-refractivity contribution in [1.29, 1.82) is 0 Å². The lowest BCUT2D eigenvalue weighted by Gasteiger charge is -2.29. The summed E-state index contributed by atoms with van der Waals surface area (Å²) in [6.07, 6.45) is 13.9. The molecular weight excluding hydrogens is 497 g/mol. The molecule has 0 aliphatic heterocycles. The Labute approximate surface area is 220 Å². The van der Waals surface area contributed by atoms with Crippen LogP contribution in [0.25, 0.3) is 0 Å². The lowest BCUT2D eigenvalue weighted by atomic mass is 10.1. The van der Waals surface area contributed by atoms with Crippen molar-refractivity contribution in [3.05, 3.63) is 90.5 Å². The second-order valence-electron chi connectivity index (χ2n) is 9.40. The molecule has 1 nitrogen and oxygen atoms in total. The zero-order valence-electron chi connectivity index (χ0n) is 21.4. The van der Waals surface area contributed by atoms with Crippen molar-refractivity contribution < 1.29 is 17.0 Å². The van der Waals surface area contributed by atoms with Gasteiger partial charge in [0.1, 0.15) is 0 Å². The highest BCUT2D eigenvalue weighted by atomic mass is 79.9. The first-order valence-corrected chi connectivity index (χ1v) is 15.6. The van der Waals surface area contributed by atoms with Crippen molar-refractivity contribution >= 4 is 24.3 Å². The van der Waals surface area contributed by atoms with E-state index in [2.05, 4.69) is 111 Å². The van der Waals surface area contributed by atoms with E-state index in [0.29, 0.717) is 0 Å². The number of halogens is 1. The highest BCUT2D eigenvalue weighted by molar-refractivity contribution is 7.75. The molecule has 34 heavy (non-hydrogen) atoms. The van der Waals surface area contributed by atoms with Gasteiger partial charge < -0.3 is 21.9 Å². The van der Waals surface area contributed by atoms with Crippen LogP contribution in [0.2, 0.25) is 0 Å². The van der Waals surface area contributed by atoms with Crippen LogP contribution in [-0.2, 0) is 6.16 Å². The van der Waals surface area contributed by atoms with Crippen molar-refractivity contribution in [1.82, 2.24) is 0 Å². The maximum atomic E-state index is 2.41. The fraction of sp³-hybridized carbons (Fsp3) is 0.419. The molecule has 3 rings (SSSR count). The standard InChI is InChI=1S/C31H43NP.BrH/c1-4-7-24-33(25-8-5-2,26-9-6-3)27-28-20-22-31(23-21-28)32(29-16-12-10-13-17-29)30-18-14-11-15-19-30;/h10-23H,4-9,24-27H2,1-3H3;1H/q+1;/p-1. The van der Waals surface area contributed by atoms with E-state index in [1.807, 2.05) is 0 Å². The SMILES string of the molecule is CCCC[P+](CCCC)(CCCC)Cc1ccc(N(c2ccccc2)c2ccccc2)cc1.[Br-]. The molecule has 0 spiro atoms. The maximum absolute atomic E-state index is 2.41. The minimum absolute atomic E-state index is 0. The van der Waals surface area contributed by atoms with Gasteiger partial charge >= 0.3 is 0 Å². The molecular formula is C31H43BrNP. The number of rotatable bonds is 14. The van der Waals surface area contributed by atoms with Crippen LogP contribution in [0, 0.1) is 0 Å². The molecule has 3 heteroatoms. The Morgan fingerprint density at radius 2 is 0.912 bits per heavy atom. The number of anilines is 3. The summed E-state index contributed by atoms with van der Waals surface area (Å²) in [5.74, 6) is 0. The molecule has 0 heterocycles. The summed E-state index contributed by atoms with van der Waals surface area (Å²) in [5.41, 5.74) is 5.17. The van der Waals surface area contributed by atoms with Gasteiger partial charge in [-0.05, 0) is 61.2 Å². The van der Waals surface area contributed by atoms with E-state index in [4.69, 9.17) is 0 Å². The van der Waals surface area contributed by atoms with Gasteiger partial charge in [0.05, 0.1) is 24.6 Å². The zero-order chi connectivity index (χ0) is 23.4. The number of nitrogens with zero attached hydrogens (tertiary/aromatic N) is 1. The average molecular weight is 541 g/mol. The largest absolute Gasteiger partial charge is 1.00 e. The van der Waals surface area contributed by atoms with Crippen LogP contribution in [0.4, 0.5) is 17.1 Å². The van der Waals surface area contributed by atoms with Crippen molar-refractivity contribution in [2.75, 3.05) is 23.4 Å². The van der Waals surface area contributed by atoms with Gasteiger partial charge in [0, 0.05) is 24.3 Å². The van der Waals surface area contributed by atoms with E-state index < -0.39 is 7.26 Å². The van der Waals surface area contributed by atoms with Gasteiger partial charge in [-0.2, -0.15) is 0 Å². The Hall–Kier alpha value is -1.63. The molecule has 0 amide bonds. The first-order valence-electron chi connectivity index (χ1n) is 13.1. The van der Waals surface area contributed by atoms with Crippen molar-refractivity contribution in [3.63, 3.8) is 0 Å². The van der Waals surface area contributed by atoms with Gasteiger partial charge in [-0.1, -0.05) is 88.6 Å². The van der Waals surface area contributed by atoms with Crippen LogP contribution < -0.4 is 21.9 Å². The Kier molecular flexibility index (Phi) is 12.9. The number of hydrogen-bond donors (Lipinski definition) is 0. The second kappa shape index (κ2) is 15.4. The van der Waals surface area contributed by atoms with Crippen LogP contribution in [-0.4, -0.2) is 18.5 Å². The van der Waals surface area contributed by atoms with Crippen LogP contribution in [0.15, 0.2) is 84.9 Å². The lowest BCUT2D eigenvalue weighted by Crippen LogP contribution is -3.00. The molecule has 0 bridgehead atoms. The number of hydrogen-bond acceptors (Lipinski definition) is 1. The van der Waals surface area contributed by atoms with Gasteiger partial charge in [0.15, 0.2) is 0 Å². The molecule has 0 atom stereocenters. The van der Waals surface area contributed by atoms with E-state index in [-0.39, 0.29) is 17.0 Å². The smallest absolute Gasteiger partial charge is 0.0842 e. The highest BCUT2D eigenvalue weighted by Gasteiger charge is 2.35. The Morgan fingerprint density at radius 3 is 1.29 bits per heavy atom. The lowest BCUT2D eigenvalue weighted by molar-refractivity contribution is -0.00000696. The molecule has 0 radical (unpaired) electrons. The second-order valence-corrected chi connectivity index (χ2v) is 13.7. The third kappa shape index (κ3) is 8.24. The summed E-state index contributed by atoms with van der Waals surface area (Å²) in [5, 5.41) is 0. The molecule has 3 aromatic carbocycles. The van der Waals surface area contributed by atoms with Gasteiger partial charge in [-0.25, -0.2) is 0 Å². The van der Waals surface area contributed by atoms with Gasteiger partial charge in [0.2, 0.25) is 0 Å². The fourth-order valence-corrected chi connectivity index (χ4v) is 9.88. The first kappa shape index (κ1) is 28.6.